The van der Waals surface area contributed by atoms with E-state index in [1.54, 1.807) is 24.3 Å². The number of nitrogens with one attached hydrogen (secondary N) is 1. The van der Waals surface area contributed by atoms with Crippen LogP contribution in [0, 0.1) is 15.5 Å². The minimum atomic E-state index is -1.58. The van der Waals surface area contributed by atoms with Crippen molar-refractivity contribution in [3.05, 3.63) is 63.2 Å². The van der Waals surface area contributed by atoms with Gasteiger partial charge < -0.3 is 4.90 Å². The van der Waals surface area contributed by atoms with Crippen molar-refractivity contribution in [3.63, 3.8) is 0 Å². The summed E-state index contributed by atoms with van der Waals surface area (Å²) in [7, 11) is 0. The van der Waals surface area contributed by atoms with Crippen molar-refractivity contribution in [2.24, 2.45) is 5.41 Å². The Balaban J connectivity index is 1.68. The number of nitro benzene ring substituents is 1. The first-order valence-electron chi connectivity index (χ1n) is 10.3. The number of nitrogens with zero attached hydrogens (tertiary/aromatic N) is 3. The van der Waals surface area contributed by atoms with Crippen LogP contribution < -0.4 is 15.1 Å². The molecule has 0 aliphatic carbocycles. The molecule has 2 aromatic rings. The Morgan fingerprint density at radius 3 is 2.69 bits per heavy atom. The molecular weight excluding hydrogens is 436 g/mol. The lowest BCUT2D eigenvalue weighted by Crippen LogP contribution is -2.72. The van der Waals surface area contributed by atoms with Crippen molar-refractivity contribution in [2.75, 3.05) is 16.3 Å². The molecule has 10 heteroatoms. The first-order chi connectivity index (χ1) is 15.3. The molecule has 5 rings (SSSR count). The molecule has 1 N–H and O–H groups in total. The van der Waals surface area contributed by atoms with Gasteiger partial charge in [0.15, 0.2) is 5.41 Å². The number of carbonyl (C=O) groups excluding carboxylic acids is 3. The topological polar surface area (TPSA) is 113 Å². The molecule has 32 heavy (non-hydrogen) atoms. The van der Waals surface area contributed by atoms with Crippen molar-refractivity contribution < 1.29 is 19.3 Å². The van der Waals surface area contributed by atoms with Crippen LogP contribution in [0.1, 0.15) is 24.8 Å². The van der Waals surface area contributed by atoms with E-state index < -0.39 is 34.2 Å². The van der Waals surface area contributed by atoms with Crippen LogP contribution in [0.2, 0.25) is 5.02 Å². The van der Waals surface area contributed by atoms with Gasteiger partial charge in [0, 0.05) is 35.8 Å². The number of piperidine rings is 1. The Kier molecular flexibility index (Phi) is 4.67. The number of rotatable bonds is 2. The van der Waals surface area contributed by atoms with Crippen molar-refractivity contribution in [3.8, 4) is 0 Å². The molecule has 9 nitrogen and oxygen atoms in total. The third-order valence-electron chi connectivity index (χ3n) is 6.60. The number of barbiturate groups is 1. The van der Waals surface area contributed by atoms with Gasteiger partial charge in [0.25, 0.3) is 11.6 Å². The van der Waals surface area contributed by atoms with Gasteiger partial charge in [-0.15, -0.1) is 0 Å². The van der Waals surface area contributed by atoms with E-state index in [0.29, 0.717) is 23.6 Å². The number of amides is 4. The van der Waals surface area contributed by atoms with Gasteiger partial charge in [-0.05, 0) is 49.1 Å². The fraction of sp³-hybridized carbons (Fsp3) is 0.318. The Bertz CT molecular complexity index is 1180. The third-order valence-corrected chi connectivity index (χ3v) is 6.84. The molecule has 3 aliphatic heterocycles. The fourth-order valence-corrected chi connectivity index (χ4v) is 5.40. The molecule has 3 aliphatic rings. The Hall–Kier alpha value is -3.46. The average Bonchev–Trinajstić information content (AvgIpc) is 2.77. The Morgan fingerprint density at radius 1 is 1.12 bits per heavy atom. The third kappa shape index (κ3) is 2.88. The first kappa shape index (κ1) is 20.4. The number of imide groups is 2. The number of halogens is 1. The van der Waals surface area contributed by atoms with Crippen LogP contribution in [0.5, 0.6) is 0 Å². The molecule has 0 bridgehead atoms. The van der Waals surface area contributed by atoms with Gasteiger partial charge in [-0.25, -0.2) is 9.69 Å². The number of fused-ring (bicyclic) bond motifs is 4. The highest BCUT2D eigenvalue weighted by Gasteiger charge is 2.62. The summed E-state index contributed by atoms with van der Waals surface area (Å²) in [5.41, 5.74) is -0.0994. The summed E-state index contributed by atoms with van der Waals surface area (Å²) < 4.78 is 0. The van der Waals surface area contributed by atoms with Crippen LogP contribution in [0.15, 0.2) is 42.5 Å². The smallest absolute Gasteiger partial charge is 0.335 e. The summed E-state index contributed by atoms with van der Waals surface area (Å²) in [6.45, 7) is 0.614. The monoisotopic (exact) mass is 454 g/mol. The van der Waals surface area contributed by atoms with Gasteiger partial charge in [-0.2, -0.15) is 0 Å². The maximum absolute atomic E-state index is 14.0. The van der Waals surface area contributed by atoms with Gasteiger partial charge in [-0.1, -0.05) is 17.7 Å². The molecule has 0 aromatic heterocycles. The van der Waals surface area contributed by atoms with Crippen LogP contribution >= 0.6 is 11.6 Å². The number of benzene rings is 2. The normalized spacial score (nSPS) is 24.8. The first-order valence-corrected chi connectivity index (χ1v) is 10.7. The number of carbonyl (C=O) groups is 3. The van der Waals surface area contributed by atoms with E-state index in [1.807, 2.05) is 4.90 Å². The summed E-state index contributed by atoms with van der Waals surface area (Å²) in [5, 5.41) is 14.1. The van der Waals surface area contributed by atoms with E-state index in [0.717, 1.165) is 23.4 Å². The summed E-state index contributed by atoms with van der Waals surface area (Å²) >= 11 is 6.08. The standard InChI is InChI=1S/C22H19ClN4O5/c23-14-4-3-5-15(11-14)26-20(29)22(19(28)24-21(26)30)12-13-10-16(27(31)32)7-8-17(13)25-9-2-1-6-18(22)25/h3-5,7-8,10-11,18H,1-2,6,9,12H2,(H,24,28,30). The minimum absolute atomic E-state index is 0.0276. The molecule has 2 unspecified atom stereocenters. The predicted octanol–water partition coefficient (Wildman–Crippen LogP) is 3.43. The molecule has 3 heterocycles. The highest BCUT2D eigenvalue weighted by molar-refractivity contribution is 6.33. The summed E-state index contributed by atoms with van der Waals surface area (Å²) in [5.74, 6) is -1.30. The van der Waals surface area contributed by atoms with Gasteiger partial charge >= 0.3 is 6.03 Å². The zero-order valence-electron chi connectivity index (χ0n) is 16.9. The van der Waals surface area contributed by atoms with Gasteiger partial charge in [-0.3, -0.25) is 25.0 Å². The largest absolute Gasteiger partial charge is 0.367 e. The maximum Gasteiger partial charge on any atom is 0.335 e. The lowest BCUT2D eigenvalue weighted by Gasteiger charge is -2.53. The zero-order chi connectivity index (χ0) is 22.6. The van der Waals surface area contributed by atoms with Crippen LogP contribution in [0.3, 0.4) is 0 Å². The average molecular weight is 455 g/mol. The predicted molar refractivity (Wildman–Crippen MR) is 117 cm³/mol. The van der Waals surface area contributed by atoms with Gasteiger partial charge in [0.2, 0.25) is 5.91 Å². The van der Waals surface area contributed by atoms with Gasteiger partial charge in [0.05, 0.1) is 16.7 Å². The molecule has 2 saturated heterocycles. The Morgan fingerprint density at radius 2 is 1.94 bits per heavy atom. The summed E-state index contributed by atoms with van der Waals surface area (Å²) in [6, 6.07) is 9.55. The van der Waals surface area contributed by atoms with Crippen molar-refractivity contribution in [1.82, 2.24) is 5.32 Å². The molecule has 164 valence electrons. The quantitative estimate of drug-likeness (QED) is 0.422. The highest BCUT2D eigenvalue weighted by atomic mass is 35.5. The van der Waals surface area contributed by atoms with Crippen LogP contribution in [0.25, 0.3) is 0 Å². The molecule has 0 saturated carbocycles. The summed E-state index contributed by atoms with van der Waals surface area (Å²) in [6.07, 6.45) is 2.26. The second kappa shape index (κ2) is 7.30. The van der Waals surface area contributed by atoms with E-state index in [-0.39, 0.29) is 17.8 Å². The van der Waals surface area contributed by atoms with Gasteiger partial charge in [0.1, 0.15) is 0 Å². The molecule has 0 radical (unpaired) electrons. The molecule has 2 fully saturated rings. The molecular formula is C22H19ClN4O5. The van der Waals surface area contributed by atoms with E-state index >= 15 is 0 Å². The fourth-order valence-electron chi connectivity index (χ4n) is 5.21. The van der Waals surface area contributed by atoms with E-state index in [9.17, 15) is 24.5 Å². The number of nitro groups is 1. The molecule has 2 aromatic carbocycles. The highest BCUT2D eigenvalue weighted by Crippen LogP contribution is 2.48. The lowest BCUT2D eigenvalue weighted by molar-refractivity contribution is -0.384. The van der Waals surface area contributed by atoms with Crippen LogP contribution in [-0.2, 0) is 16.0 Å². The maximum atomic E-state index is 14.0. The van der Waals surface area contributed by atoms with E-state index in [4.69, 9.17) is 11.6 Å². The van der Waals surface area contributed by atoms with E-state index in [1.165, 1.54) is 18.2 Å². The zero-order valence-corrected chi connectivity index (χ0v) is 17.7. The number of hydrogen-bond donors (Lipinski definition) is 1. The minimum Gasteiger partial charge on any atom is -0.367 e. The van der Waals surface area contributed by atoms with Crippen LogP contribution in [0.4, 0.5) is 21.9 Å². The Labute approximate surface area is 188 Å². The summed E-state index contributed by atoms with van der Waals surface area (Å²) in [4.78, 5) is 53.9. The number of anilines is 2. The molecule has 2 atom stereocenters. The molecule has 1 spiro atoms. The second-order valence-electron chi connectivity index (χ2n) is 8.30. The number of hydrogen-bond acceptors (Lipinski definition) is 6. The lowest BCUT2D eigenvalue weighted by atomic mass is 9.66. The van der Waals surface area contributed by atoms with Crippen LogP contribution in [-0.4, -0.2) is 35.4 Å². The number of non-ortho nitro benzene ring substituents is 1. The second-order valence-corrected chi connectivity index (χ2v) is 8.74. The number of urea groups is 1. The van der Waals surface area contributed by atoms with Crippen molar-refractivity contribution in [1.29, 1.82) is 0 Å². The van der Waals surface area contributed by atoms with Crippen molar-refractivity contribution in [2.45, 2.75) is 31.7 Å². The van der Waals surface area contributed by atoms with E-state index in [2.05, 4.69) is 5.32 Å². The molecule has 4 amide bonds. The SMILES string of the molecule is O=C1NC(=O)C2(Cc3cc([N+](=O)[O-])ccc3N3CCCCC32)C(=O)N1c1cccc(Cl)c1. The van der Waals surface area contributed by atoms with Crippen molar-refractivity contribution >= 4 is 46.5 Å².